The topological polar surface area (TPSA) is 9.23 Å². The minimum absolute atomic E-state index is 0.171. The maximum absolute atomic E-state index is 7.23. The Morgan fingerprint density at radius 1 is 0.676 bits per heavy atom. The van der Waals surface area contributed by atoms with Gasteiger partial charge in [-0.3, -0.25) is 0 Å². The SMILES string of the molecule is CC(C)(C)[Si](C)(C)OC1=CC(=P(c2ccccc2)(c2ccccc2)c2ccccc2)[C@@H]2[C@H]1[C@@H]1C=C[C@H]2C1. The van der Waals surface area contributed by atoms with Crippen LogP contribution >= 0.6 is 6.89 Å². The summed E-state index contributed by atoms with van der Waals surface area (Å²) < 4.78 is 7.23. The van der Waals surface area contributed by atoms with Crippen LogP contribution < -0.4 is 15.9 Å². The van der Waals surface area contributed by atoms with Gasteiger partial charge in [-0.25, -0.2) is 0 Å². The summed E-state index contributed by atoms with van der Waals surface area (Å²) in [6.45, 7) is 9.76. The van der Waals surface area contributed by atoms with Gasteiger partial charge in [-0.2, -0.15) is 0 Å². The largest absolute Gasteiger partial charge is 0.546 e. The summed E-state index contributed by atoms with van der Waals surface area (Å²) >= 11 is 0. The second-order valence-corrected chi connectivity index (χ2v) is 20.6. The van der Waals surface area contributed by atoms with Crippen molar-refractivity contribution in [3.05, 3.63) is 115 Å². The maximum atomic E-state index is 7.23. The fourth-order valence-corrected chi connectivity index (χ4v) is 12.5. The van der Waals surface area contributed by atoms with Crippen LogP contribution in [0.25, 0.3) is 0 Å². The molecule has 3 aliphatic rings. The molecule has 0 spiro atoms. The van der Waals surface area contributed by atoms with Gasteiger partial charge in [0.05, 0.1) is 5.76 Å². The molecule has 37 heavy (non-hydrogen) atoms. The normalized spacial score (nSPS) is 24.8. The molecule has 1 nitrogen and oxygen atoms in total. The average molecular weight is 523 g/mol. The van der Waals surface area contributed by atoms with Crippen molar-refractivity contribution in [2.75, 3.05) is 0 Å². The molecule has 3 aliphatic carbocycles. The van der Waals surface area contributed by atoms with Gasteiger partial charge in [-0.15, -0.1) is 0 Å². The van der Waals surface area contributed by atoms with E-state index in [1.54, 1.807) is 5.29 Å². The third kappa shape index (κ3) is 3.87. The number of hydrogen-bond donors (Lipinski definition) is 0. The van der Waals surface area contributed by atoms with Crippen LogP contribution in [0.2, 0.25) is 18.1 Å². The van der Waals surface area contributed by atoms with Gasteiger partial charge >= 0.3 is 0 Å². The predicted molar refractivity (Wildman–Crippen MR) is 164 cm³/mol. The summed E-state index contributed by atoms with van der Waals surface area (Å²) in [5.74, 6) is 3.43. The van der Waals surface area contributed by atoms with Crippen molar-refractivity contribution >= 4 is 36.4 Å². The van der Waals surface area contributed by atoms with E-state index in [4.69, 9.17) is 4.43 Å². The van der Waals surface area contributed by atoms with Gasteiger partial charge in [-0.05, 0) is 70.6 Å². The lowest BCUT2D eigenvalue weighted by molar-refractivity contribution is 0.290. The van der Waals surface area contributed by atoms with Gasteiger partial charge < -0.3 is 4.43 Å². The van der Waals surface area contributed by atoms with Crippen LogP contribution in [0.5, 0.6) is 0 Å². The van der Waals surface area contributed by atoms with Crippen molar-refractivity contribution in [2.45, 2.75) is 45.3 Å². The lowest BCUT2D eigenvalue weighted by Crippen LogP contribution is -2.41. The lowest BCUT2D eigenvalue weighted by atomic mass is 9.85. The highest BCUT2D eigenvalue weighted by atomic mass is 31.2. The molecule has 1 fully saturated rings. The molecule has 0 N–H and O–H groups in total. The molecule has 3 heteroatoms. The zero-order valence-electron chi connectivity index (χ0n) is 22.8. The molecule has 0 amide bonds. The summed E-state index contributed by atoms with van der Waals surface area (Å²) in [5.41, 5.74) is 0. The molecule has 0 radical (unpaired) electrons. The highest BCUT2D eigenvalue weighted by Crippen LogP contribution is 2.61. The third-order valence-corrected chi connectivity index (χ3v) is 18.2. The first-order valence-electron chi connectivity index (χ1n) is 13.8. The van der Waals surface area contributed by atoms with E-state index in [2.05, 4.69) is 143 Å². The Kier molecular flexibility index (Phi) is 6.05. The first-order chi connectivity index (χ1) is 17.7. The van der Waals surface area contributed by atoms with E-state index >= 15 is 0 Å². The zero-order valence-corrected chi connectivity index (χ0v) is 24.7. The highest BCUT2D eigenvalue weighted by molar-refractivity contribution is 7.95. The summed E-state index contributed by atoms with van der Waals surface area (Å²) in [7, 11) is -1.98. The standard InChI is InChI=1S/C34H39OPSi/c1-34(2,3)37(4,5)35-30-24-31(33-26-22-21-25(23-26)32(30)33)36(27-15-9-6-10-16-27,28-17-11-7-12-18-28)29-19-13-8-14-20-29/h6-22,24-26,32-33H,23H2,1-5H3/t25-,26+,32+,33-/m1/s1. The van der Waals surface area contributed by atoms with Crippen LogP contribution in [0.3, 0.4) is 0 Å². The second kappa shape index (κ2) is 9.04. The molecule has 2 bridgehead atoms. The quantitative estimate of drug-likeness (QED) is 0.191. The Morgan fingerprint density at radius 2 is 1.11 bits per heavy atom. The number of hydrogen-bond acceptors (Lipinski definition) is 1. The van der Waals surface area contributed by atoms with Gasteiger partial charge in [0.1, 0.15) is 0 Å². The summed E-state index contributed by atoms with van der Waals surface area (Å²) in [4.78, 5) is 0. The smallest absolute Gasteiger partial charge is 0.250 e. The monoisotopic (exact) mass is 522 g/mol. The molecule has 0 heterocycles. The molecule has 3 aromatic carbocycles. The maximum Gasteiger partial charge on any atom is 0.250 e. The first-order valence-corrected chi connectivity index (χ1v) is 18.5. The first kappa shape index (κ1) is 24.8. The molecule has 6 rings (SSSR count). The predicted octanol–water partition coefficient (Wildman–Crippen LogP) is 7.51. The minimum Gasteiger partial charge on any atom is -0.546 e. The van der Waals surface area contributed by atoms with Gasteiger partial charge in [-0.1, -0.05) is 124 Å². The van der Waals surface area contributed by atoms with Gasteiger partial charge in [0.15, 0.2) is 0 Å². The second-order valence-electron chi connectivity index (χ2n) is 12.5. The molecular weight excluding hydrogens is 483 g/mol. The number of rotatable bonds is 5. The van der Waals surface area contributed by atoms with Gasteiger partial charge in [0, 0.05) is 11.8 Å². The number of benzene rings is 3. The van der Waals surface area contributed by atoms with Crippen molar-refractivity contribution in [1.29, 1.82) is 0 Å². The Morgan fingerprint density at radius 3 is 1.54 bits per heavy atom. The van der Waals surface area contributed by atoms with Crippen molar-refractivity contribution < 1.29 is 4.43 Å². The van der Waals surface area contributed by atoms with E-state index < -0.39 is 15.2 Å². The van der Waals surface area contributed by atoms with E-state index in [-0.39, 0.29) is 5.04 Å². The van der Waals surface area contributed by atoms with Gasteiger partial charge in [0.25, 0.3) is 0 Å². The van der Waals surface area contributed by atoms with E-state index in [0.29, 0.717) is 23.7 Å². The molecule has 0 aliphatic heterocycles. The average Bonchev–Trinajstić information content (AvgIpc) is 3.61. The van der Waals surface area contributed by atoms with Crippen LogP contribution in [-0.2, 0) is 4.43 Å². The lowest BCUT2D eigenvalue weighted by Gasteiger charge is -2.39. The molecule has 1 saturated carbocycles. The van der Waals surface area contributed by atoms with Crippen molar-refractivity contribution in [1.82, 2.24) is 0 Å². The number of allylic oxidation sites excluding steroid dienone is 4. The zero-order chi connectivity index (χ0) is 25.8. The van der Waals surface area contributed by atoms with Crippen LogP contribution in [0.4, 0.5) is 0 Å². The Hall–Kier alpha value is -2.54. The molecule has 0 aromatic heterocycles. The molecule has 4 atom stereocenters. The molecule has 3 aromatic rings. The fourth-order valence-electron chi connectivity index (χ4n) is 6.67. The van der Waals surface area contributed by atoms with E-state index in [9.17, 15) is 0 Å². The Balaban J connectivity index is 1.72. The Bertz CT molecular complexity index is 1290. The Labute approximate surface area is 224 Å². The summed E-state index contributed by atoms with van der Waals surface area (Å²) in [6, 6.07) is 34.0. The minimum atomic E-state index is -2.10. The van der Waals surface area contributed by atoms with Crippen LogP contribution in [0.15, 0.2) is 115 Å². The summed E-state index contributed by atoms with van der Waals surface area (Å²) in [6.07, 6.45) is 8.83. The molecule has 0 unspecified atom stereocenters. The van der Waals surface area contributed by atoms with E-state index in [1.165, 1.54) is 28.1 Å². The van der Waals surface area contributed by atoms with Crippen molar-refractivity contribution in [2.24, 2.45) is 23.7 Å². The van der Waals surface area contributed by atoms with Crippen molar-refractivity contribution in [3.63, 3.8) is 0 Å². The molecular formula is C34H39OPSi. The van der Waals surface area contributed by atoms with Gasteiger partial charge in [0.2, 0.25) is 8.32 Å². The third-order valence-electron chi connectivity index (χ3n) is 9.42. The van der Waals surface area contributed by atoms with Crippen LogP contribution in [-0.4, -0.2) is 13.6 Å². The van der Waals surface area contributed by atoms with Crippen LogP contribution in [0.1, 0.15) is 27.2 Å². The molecule has 190 valence electrons. The summed E-state index contributed by atoms with van der Waals surface area (Å²) in [5, 5.41) is 6.12. The van der Waals surface area contributed by atoms with E-state index in [0.717, 1.165) is 0 Å². The molecule has 0 saturated heterocycles. The highest BCUT2D eigenvalue weighted by Gasteiger charge is 2.55. The van der Waals surface area contributed by atoms with Crippen LogP contribution in [0, 0.1) is 23.7 Å². The van der Waals surface area contributed by atoms with Crippen molar-refractivity contribution in [3.8, 4) is 0 Å². The number of fused-ring (bicyclic) bond motifs is 5. The van der Waals surface area contributed by atoms with E-state index in [1.807, 2.05) is 0 Å². The fraction of sp³-hybridized carbons (Fsp3) is 0.324.